The summed E-state index contributed by atoms with van der Waals surface area (Å²) in [6.45, 7) is 2.21. The van der Waals surface area contributed by atoms with Crippen LogP contribution in [0, 0.1) is 0 Å². The van der Waals surface area contributed by atoms with Gasteiger partial charge in [-0.15, -0.1) is 0 Å². The molecule has 7 rings (SSSR count). The van der Waals surface area contributed by atoms with Crippen molar-refractivity contribution in [3.8, 4) is 45.5 Å². The number of benzene rings is 5. The molecule has 2 aromatic heterocycles. The predicted octanol–water partition coefficient (Wildman–Crippen LogP) is 9.02. The Morgan fingerprint density at radius 2 is 1.05 bits per heavy atom. The van der Waals surface area contributed by atoms with E-state index in [-0.39, 0.29) is 5.92 Å². The number of para-hydroxylation sites is 2. The van der Waals surface area contributed by atoms with E-state index < -0.39 is 0 Å². The Hall–Kier alpha value is -5.55. The Morgan fingerprint density at radius 3 is 1.64 bits per heavy atom. The van der Waals surface area contributed by atoms with Gasteiger partial charge in [0.15, 0.2) is 17.5 Å². The standard InChI is InChI=1S/C37H28N4O/c1-24(33-30-17-9-11-19-32(30)42-34(33)29-16-8-10-18-31(29)38)25-20-22-28(23-21-25)37-40-35(26-12-4-2-5-13-26)39-36(41-37)27-14-6-3-7-15-27/h2-24H,38H2,1H3. The molecule has 0 spiro atoms. The Kier molecular flexibility index (Phi) is 6.53. The molecule has 5 heteroatoms. The number of hydrogen-bond acceptors (Lipinski definition) is 5. The molecular formula is C37H28N4O. The van der Waals surface area contributed by atoms with Crippen molar-refractivity contribution in [2.45, 2.75) is 12.8 Å². The quantitative estimate of drug-likeness (QED) is 0.211. The van der Waals surface area contributed by atoms with Crippen LogP contribution in [0.5, 0.6) is 0 Å². The highest BCUT2D eigenvalue weighted by molar-refractivity contribution is 5.91. The SMILES string of the molecule is CC(c1ccc(-c2nc(-c3ccccc3)nc(-c3ccccc3)n2)cc1)c1c(-c2ccccc2N)oc2ccccc12. The van der Waals surface area contributed by atoms with E-state index in [0.717, 1.165) is 50.1 Å². The van der Waals surface area contributed by atoms with Crippen LogP contribution in [0.1, 0.15) is 24.0 Å². The summed E-state index contributed by atoms with van der Waals surface area (Å²) in [5.74, 6) is 2.78. The van der Waals surface area contributed by atoms with Gasteiger partial charge in [-0.2, -0.15) is 0 Å². The Morgan fingerprint density at radius 1 is 0.548 bits per heavy atom. The number of aromatic nitrogens is 3. The van der Waals surface area contributed by atoms with Gasteiger partial charge in [-0.3, -0.25) is 0 Å². The van der Waals surface area contributed by atoms with Crippen LogP contribution < -0.4 is 5.73 Å². The van der Waals surface area contributed by atoms with Crippen molar-refractivity contribution in [3.05, 3.63) is 145 Å². The maximum atomic E-state index is 6.41. The minimum absolute atomic E-state index is 0.0513. The number of furan rings is 1. The van der Waals surface area contributed by atoms with Crippen LogP contribution in [0.25, 0.3) is 56.5 Å². The summed E-state index contributed by atoms with van der Waals surface area (Å²) in [6, 6.07) is 44.5. The summed E-state index contributed by atoms with van der Waals surface area (Å²) in [7, 11) is 0. The van der Waals surface area contributed by atoms with Crippen LogP contribution >= 0.6 is 0 Å². The highest BCUT2D eigenvalue weighted by atomic mass is 16.3. The van der Waals surface area contributed by atoms with Gasteiger partial charge in [-0.05, 0) is 23.8 Å². The molecule has 2 heterocycles. The van der Waals surface area contributed by atoms with Gasteiger partial charge in [0, 0.05) is 44.8 Å². The van der Waals surface area contributed by atoms with E-state index >= 15 is 0 Å². The lowest BCUT2D eigenvalue weighted by molar-refractivity contribution is 0.625. The second-order valence-corrected chi connectivity index (χ2v) is 10.3. The first-order valence-corrected chi connectivity index (χ1v) is 14.0. The second kappa shape index (κ2) is 10.8. The van der Waals surface area contributed by atoms with Crippen molar-refractivity contribution >= 4 is 16.7 Å². The highest BCUT2D eigenvalue weighted by Crippen LogP contribution is 2.42. The maximum Gasteiger partial charge on any atom is 0.164 e. The summed E-state index contributed by atoms with van der Waals surface area (Å²) in [5, 5.41) is 1.09. The van der Waals surface area contributed by atoms with Crippen LogP contribution in [-0.2, 0) is 0 Å². The van der Waals surface area contributed by atoms with Crippen molar-refractivity contribution in [1.82, 2.24) is 15.0 Å². The van der Waals surface area contributed by atoms with E-state index in [9.17, 15) is 0 Å². The molecule has 0 aliphatic carbocycles. The van der Waals surface area contributed by atoms with Crippen LogP contribution in [-0.4, -0.2) is 15.0 Å². The summed E-state index contributed by atoms with van der Waals surface area (Å²) >= 11 is 0. The summed E-state index contributed by atoms with van der Waals surface area (Å²) < 4.78 is 6.41. The molecule has 42 heavy (non-hydrogen) atoms. The lowest BCUT2D eigenvalue weighted by atomic mass is 9.88. The van der Waals surface area contributed by atoms with Gasteiger partial charge < -0.3 is 10.2 Å². The molecule has 0 radical (unpaired) electrons. The zero-order chi connectivity index (χ0) is 28.5. The van der Waals surface area contributed by atoms with Crippen molar-refractivity contribution in [2.24, 2.45) is 0 Å². The van der Waals surface area contributed by atoms with Crippen molar-refractivity contribution < 1.29 is 4.42 Å². The van der Waals surface area contributed by atoms with E-state index in [1.54, 1.807) is 0 Å². The normalized spacial score (nSPS) is 11.9. The van der Waals surface area contributed by atoms with E-state index in [0.29, 0.717) is 23.2 Å². The Balaban J connectivity index is 1.30. The first-order chi connectivity index (χ1) is 20.7. The molecule has 5 aromatic carbocycles. The van der Waals surface area contributed by atoms with E-state index in [1.807, 2.05) is 103 Å². The highest BCUT2D eigenvalue weighted by Gasteiger charge is 2.23. The average molecular weight is 545 g/mol. The van der Waals surface area contributed by atoms with Crippen LogP contribution in [0.15, 0.2) is 138 Å². The molecule has 0 fully saturated rings. The van der Waals surface area contributed by atoms with Gasteiger partial charge in [0.05, 0.1) is 0 Å². The minimum Gasteiger partial charge on any atom is -0.456 e. The van der Waals surface area contributed by atoms with Crippen molar-refractivity contribution in [3.63, 3.8) is 0 Å². The topological polar surface area (TPSA) is 77.8 Å². The molecular weight excluding hydrogens is 516 g/mol. The molecule has 1 atom stereocenters. The lowest BCUT2D eigenvalue weighted by Gasteiger charge is -2.15. The maximum absolute atomic E-state index is 6.41. The zero-order valence-corrected chi connectivity index (χ0v) is 23.1. The van der Waals surface area contributed by atoms with E-state index in [1.165, 1.54) is 0 Å². The third kappa shape index (κ3) is 4.71. The van der Waals surface area contributed by atoms with Gasteiger partial charge in [-0.1, -0.05) is 122 Å². The molecule has 5 nitrogen and oxygen atoms in total. The van der Waals surface area contributed by atoms with Gasteiger partial charge in [0.1, 0.15) is 11.3 Å². The predicted molar refractivity (Wildman–Crippen MR) is 170 cm³/mol. The number of nitrogens with two attached hydrogens (primary N) is 1. The third-order valence-corrected chi connectivity index (χ3v) is 7.64. The fraction of sp³-hybridized carbons (Fsp3) is 0.0541. The van der Waals surface area contributed by atoms with Gasteiger partial charge in [-0.25, -0.2) is 15.0 Å². The largest absolute Gasteiger partial charge is 0.456 e. The fourth-order valence-electron chi connectivity index (χ4n) is 5.42. The van der Waals surface area contributed by atoms with Crippen molar-refractivity contribution in [2.75, 3.05) is 5.73 Å². The number of rotatable bonds is 6. The molecule has 7 aromatic rings. The molecule has 0 bridgehead atoms. The average Bonchev–Trinajstić information content (AvgIpc) is 3.45. The first kappa shape index (κ1) is 25.4. The van der Waals surface area contributed by atoms with Crippen molar-refractivity contribution in [1.29, 1.82) is 0 Å². The first-order valence-electron chi connectivity index (χ1n) is 14.0. The smallest absolute Gasteiger partial charge is 0.164 e. The van der Waals surface area contributed by atoms with Crippen LogP contribution in [0.4, 0.5) is 5.69 Å². The molecule has 0 saturated carbocycles. The molecule has 202 valence electrons. The zero-order valence-electron chi connectivity index (χ0n) is 23.1. The second-order valence-electron chi connectivity index (χ2n) is 10.3. The Labute approximate surface area is 244 Å². The van der Waals surface area contributed by atoms with E-state index in [2.05, 4.69) is 37.3 Å². The van der Waals surface area contributed by atoms with E-state index in [4.69, 9.17) is 25.1 Å². The van der Waals surface area contributed by atoms with Gasteiger partial charge in [0.25, 0.3) is 0 Å². The van der Waals surface area contributed by atoms with Crippen LogP contribution in [0.3, 0.4) is 0 Å². The van der Waals surface area contributed by atoms with Gasteiger partial charge in [0.2, 0.25) is 0 Å². The lowest BCUT2D eigenvalue weighted by Crippen LogP contribution is -2.01. The number of anilines is 1. The molecule has 1 unspecified atom stereocenters. The minimum atomic E-state index is 0.0513. The van der Waals surface area contributed by atoms with Gasteiger partial charge >= 0.3 is 0 Å². The molecule has 0 aliphatic rings. The number of fused-ring (bicyclic) bond motifs is 1. The van der Waals surface area contributed by atoms with Crippen LogP contribution in [0.2, 0.25) is 0 Å². The Bertz CT molecular complexity index is 1940. The fourth-order valence-corrected chi connectivity index (χ4v) is 5.42. The molecule has 2 N–H and O–H groups in total. The molecule has 0 aliphatic heterocycles. The number of nitrogen functional groups attached to an aromatic ring is 1. The number of hydrogen-bond donors (Lipinski definition) is 1. The summed E-state index contributed by atoms with van der Waals surface area (Å²) in [6.07, 6.45) is 0. The molecule has 0 amide bonds. The summed E-state index contributed by atoms with van der Waals surface area (Å²) in [5.41, 5.74) is 13.9. The number of nitrogens with zero attached hydrogens (tertiary/aromatic N) is 3. The monoisotopic (exact) mass is 544 g/mol. The third-order valence-electron chi connectivity index (χ3n) is 7.64. The molecule has 0 saturated heterocycles. The summed E-state index contributed by atoms with van der Waals surface area (Å²) in [4.78, 5) is 14.6.